The number of hydrogen-bond donors (Lipinski definition) is 1. The van der Waals surface area contributed by atoms with Crippen LogP contribution in [-0.2, 0) is 19.1 Å². The van der Waals surface area contributed by atoms with Crippen LogP contribution in [-0.4, -0.2) is 52.9 Å². The van der Waals surface area contributed by atoms with Crippen LogP contribution < -0.4 is 0 Å². The van der Waals surface area contributed by atoms with Crippen molar-refractivity contribution in [1.29, 1.82) is 0 Å². The van der Waals surface area contributed by atoms with E-state index in [-0.39, 0.29) is 19.3 Å². The average molecular weight is 515 g/mol. The fourth-order valence-corrected chi connectivity index (χ4v) is 8.14. The van der Waals surface area contributed by atoms with E-state index < -0.39 is 94.2 Å². The van der Waals surface area contributed by atoms with Crippen molar-refractivity contribution in [3.8, 4) is 0 Å². The van der Waals surface area contributed by atoms with Crippen LogP contribution in [0.4, 0.5) is 17.6 Å². The van der Waals surface area contributed by atoms with E-state index in [4.69, 9.17) is 4.74 Å². The molecule has 0 aliphatic heterocycles. The summed E-state index contributed by atoms with van der Waals surface area (Å²) in [5.74, 6) is -6.75. The number of hydrogen-bond acceptors (Lipinski definition) is 5. The predicted octanol–water partition coefficient (Wildman–Crippen LogP) is 4.86. The van der Waals surface area contributed by atoms with Crippen LogP contribution in [0.5, 0.6) is 0 Å². The minimum Gasteiger partial charge on any atom is -0.450 e. The summed E-state index contributed by atoms with van der Waals surface area (Å²) in [7, 11) is 0. The highest BCUT2D eigenvalue weighted by Gasteiger charge is 2.78. The molecular weight excluding hydrogens is 480 g/mol. The first-order valence-corrected chi connectivity index (χ1v) is 12.7. The molecule has 4 aliphatic carbocycles. The number of halogens is 4. The van der Waals surface area contributed by atoms with Crippen LogP contribution in [0.25, 0.3) is 0 Å². The first-order valence-electron chi connectivity index (χ1n) is 12.7. The van der Waals surface area contributed by atoms with E-state index >= 15 is 8.78 Å². The molecule has 0 spiro atoms. The van der Waals surface area contributed by atoms with Gasteiger partial charge in [-0.2, -0.15) is 0 Å². The lowest BCUT2D eigenvalue weighted by atomic mass is 9.44. The fourth-order valence-electron chi connectivity index (χ4n) is 8.14. The van der Waals surface area contributed by atoms with E-state index in [1.54, 1.807) is 13.8 Å². The first kappa shape index (κ1) is 27.0. The number of esters is 1. The second kappa shape index (κ2) is 8.77. The number of ketones is 2. The zero-order valence-corrected chi connectivity index (χ0v) is 21.1. The Balaban J connectivity index is 1.85. The van der Waals surface area contributed by atoms with Crippen LogP contribution in [0.15, 0.2) is 23.6 Å². The monoisotopic (exact) mass is 514 g/mol. The molecule has 3 fully saturated rings. The normalized spacial score (nSPS) is 45.7. The van der Waals surface area contributed by atoms with E-state index in [1.165, 1.54) is 6.92 Å². The summed E-state index contributed by atoms with van der Waals surface area (Å²) in [4.78, 5) is 37.9. The maximum absolute atomic E-state index is 17.3. The molecule has 0 heterocycles. The molecular formula is C27H34F4O5. The van der Waals surface area contributed by atoms with Crippen LogP contribution in [0.1, 0.15) is 66.2 Å². The highest BCUT2D eigenvalue weighted by molar-refractivity contribution is 6.04. The Labute approximate surface area is 208 Å². The number of ether oxygens (including phenoxy) is 1. The third kappa shape index (κ3) is 3.19. The third-order valence-electron chi connectivity index (χ3n) is 9.79. The van der Waals surface area contributed by atoms with Gasteiger partial charge in [0.2, 0.25) is 11.6 Å². The van der Waals surface area contributed by atoms with Crippen molar-refractivity contribution >= 4 is 17.5 Å². The Morgan fingerprint density at radius 2 is 1.89 bits per heavy atom. The van der Waals surface area contributed by atoms with E-state index in [0.29, 0.717) is 12.8 Å². The number of unbranched alkanes of at least 4 members (excludes halogenated alkanes) is 1. The molecule has 3 saturated carbocycles. The predicted molar refractivity (Wildman–Crippen MR) is 123 cm³/mol. The standard InChI is InChI=1S/C27H34F4O5/c1-5-6-7-21(35)36-27(20(34)13-28)14(2)10-15-16-11-17(29)22-23(30)18(32)8-9-24(22,3)26(16,31)19(33)12-25(15,27)4/h8-9,14-17,19,33H,5-7,10-13H2,1-4H3/t14-,15+,16+,17+,19+,24+,25+,26+,27+/m1/s1. The number of carbonyl (C=O) groups is 3. The van der Waals surface area contributed by atoms with Gasteiger partial charge in [0.05, 0.1) is 6.10 Å². The minimum atomic E-state index is -2.57. The van der Waals surface area contributed by atoms with E-state index in [9.17, 15) is 28.3 Å². The number of fused-ring (bicyclic) bond motifs is 5. The molecule has 0 bridgehead atoms. The van der Waals surface area contributed by atoms with E-state index in [2.05, 4.69) is 0 Å². The summed E-state index contributed by atoms with van der Waals surface area (Å²) in [6.45, 7) is 4.93. The quantitative estimate of drug-likeness (QED) is 0.405. The number of aliphatic hydroxyl groups is 1. The molecule has 5 nitrogen and oxygen atoms in total. The summed E-state index contributed by atoms with van der Waals surface area (Å²) in [5.41, 5.74) is -8.46. The molecule has 9 atom stereocenters. The van der Waals surface area contributed by atoms with Gasteiger partial charge in [-0.15, -0.1) is 0 Å². The van der Waals surface area contributed by atoms with Crippen molar-refractivity contribution in [2.45, 2.75) is 89.8 Å². The van der Waals surface area contributed by atoms with Gasteiger partial charge >= 0.3 is 5.97 Å². The summed E-state index contributed by atoms with van der Waals surface area (Å²) >= 11 is 0. The molecule has 200 valence electrons. The van der Waals surface area contributed by atoms with Gasteiger partial charge < -0.3 is 9.84 Å². The smallest absolute Gasteiger partial charge is 0.306 e. The Hall–Kier alpha value is -2.03. The molecule has 0 aromatic carbocycles. The summed E-state index contributed by atoms with van der Waals surface area (Å²) in [6, 6.07) is 0. The van der Waals surface area contributed by atoms with Crippen LogP contribution in [0, 0.1) is 28.6 Å². The topological polar surface area (TPSA) is 80.7 Å². The van der Waals surface area contributed by atoms with Gasteiger partial charge in [0.25, 0.3) is 0 Å². The largest absolute Gasteiger partial charge is 0.450 e. The maximum atomic E-state index is 17.3. The summed E-state index contributed by atoms with van der Waals surface area (Å²) in [5, 5.41) is 11.4. The van der Waals surface area contributed by atoms with Crippen LogP contribution in [0.2, 0.25) is 0 Å². The van der Waals surface area contributed by atoms with Crippen molar-refractivity contribution in [3.63, 3.8) is 0 Å². The molecule has 9 heteroatoms. The number of alkyl halides is 3. The zero-order chi connectivity index (χ0) is 26.8. The molecule has 0 aromatic heterocycles. The van der Waals surface area contributed by atoms with Gasteiger partial charge in [-0.25, -0.2) is 17.6 Å². The molecule has 1 N–H and O–H groups in total. The molecule has 0 saturated heterocycles. The van der Waals surface area contributed by atoms with E-state index in [1.807, 2.05) is 6.92 Å². The van der Waals surface area contributed by atoms with Gasteiger partial charge in [-0.3, -0.25) is 14.4 Å². The Kier molecular flexibility index (Phi) is 6.59. The van der Waals surface area contributed by atoms with E-state index in [0.717, 1.165) is 12.2 Å². The molecule has 0 radical (unpaired) electrons. The third-order valence-corrected chi connectivity index (χ3v) is 9.79. The van der Waals surface area contributed by atoms with Crippen LogP contribution >= 0.6 is 0 Å². The van der Waals surface area contributed by atoms with Gasteiger partial charge in [-0.05, 0) is 44.6 Å². The molecule has 36 heavy (non-hydrogen) atoms. The lowest BCUT2D eigenvalue weighted by molar-refractivity contribution is -0.231. The SMILES string of the molecule is CCCCC(=O)O[C@]1(C(=O)CF)[C@H](C)C[C@H]2[C@@H]3C[C@H](F)C4=C(F)C(=O)C=C[C@]4(C)[C@@]3(F)[C@@H](O)C[C@@]21C. The Morgan fingerprint density at radius 1 is 1.22 bits per heavy atom. The van der Waals surface area contributed by atoms with Gasteiger partial charge in [0, 0.05) is 34.7 Å². The maximum Gasteiger partial charge on any atom is 0.306 e. The van der Waals surface area contributed by atoms with Crippen molar-refractivity contribution < 1.29 is 41.8 Å². The van der Waals surface area contributed by atoms with Gasteiger partial charge in [-0.1, -0.05) is 33.3 Å². The number of allylic oxidation sites excluding steroid dienone is 4. The fraction of sp³-hybridized carbons (Fsp3) is 0.741. The van der Waals surface area contributed by atoms with Crippen LogP contribution in [0.3, 0.4) is 0 Å². The molecule has 0 unspecified atom stereocenters. The summed E-state index contributed by atoms with van der Waals surface area (Å²) < 4.78 is 67.4. The number of carbonyl (C=O) groups excluding carboxylic acids is 3. The molecule has 0 aromatic rings. The van der Waals surface area contributed by atoms with Crippen molar-refractivity contribution in [3.05, 3.63) is 23.6 Å². The van der Waals surface area contributed by atoms with Crippen molar-refractivity contribution in [2.75, 3.05) is 6.67 Å². The first-order chi connectivity index (χ1) is 16.8. The molecule has 0 amide bonds. The number of aliphatic hydroxyl groups excluding tert-OH is 1. The second-order valence-electron chi connectivity index (χ2n) is 11.5. The van der Waals surface area contributed by atoms with Crippen molar-refractivity contribution in [1.82, 2.24) is 0 Å². The highest BCUT2D eigenvalue weighted by Crippen LogP contribution is 2.72. The Morgan fingerprint density at radius 3 is 2.50 bits per heavy atom. The minimum absolute atomic E-state index is 0.0151. The number of rotatable bonds is 6. The number of Topliss-reactive ketones (excluding diaryl/α,β-unsaturated/α-hetero) is 1. The Bertz CT molecular complexity index is 1040. The average Bonchev–Trinajstić information content (AvgIpc) is 3.03. The van der Waals surface area contributed by atoms with Gasteiger partial charge in [0.1, 0.15) is 6.17 Å². The lowest BCUT2D eigenvalue weighted by Gasteiger charge is -2.63. The highest BCUT2D eigenvalue weighted by atomic mass is 19.2. The lowest BCUT2D eigenvalue weighted by Crippen LogP contribution is -2.71. The molecule has 4 aliphatic rings. The zero-order valence-electron chi connectivity index (χ0n) is 21.1. The molecule has 4 rings (SSSR count). The van der Waals surface area contributed by atoms with Gasteiger partial charge in [0.15, 0.2) is 23.8 Å². The van der Waals surface area contributed by atoms with Crippen molar-refractivity contribution in [2.24, 2.45) is 28.6 Å². The summed E-state index contributed by atoms with van der Waals surface area (Å²) in [6.07, 6.45) is -1.41. The second-order valence-corrected chi connectivity index (χ2v) is 11.5.